The van der Waals surface area contributed by atoms with Crippen molar-refractivity contribution >= 4 is 28.6 Å². The minimum absolute atomic E-state index is 0.119. The molecule has 24 heavy (non-hydrogen) atoms. The first kappa shape index (κ1) is 15.8. The topological polar surface area (TPSA) is 85.1 Å². The van der Waals surface area contributed by atoms with Gasteiger partial charge < -0.3 is 5.32 Å². The SMILES string of the molecule is Cc1nc(-c2ccccc2NC(=O)c2cccc([N+](=O)[O-])c2)cs1. The molecule has 0 radical (unpaired) electrons. The molecule has 0 spiro atoms. The number of nitrogens with zero attached hydrogens (tertiary/aromatic N) is 2. The lowest BCUT2D eigenvalue weighted by atomic mass is 10.1. The number of nitrogens with one attached hydrogen (secondary N) is 1. The van der Waals surface area contributed by atoms with E-state index in [0.29, 0.717) is 5.69 Å². The van der Waals surface area contributed by atoms with Gasteiger partial charge in [0.05, 0.1) is 21.3 Å². The van der Waals surface area contributed by atoms with E-state index in [1.807, 2.05) is 30.5 Å². The Balaban J connectivity index is 1.90. The van der Waals surface area contributed by atoms with Gasteiger partial charge in [-0.05, 0) is 19.1 Å². The molecule has 3 aromatic rings. The van der Waals surface area contributed by atoms with Crippen molar-refractivity contribution in [2.45, 2.75) is 6.92 Å². The van der Waals surface area contributed by atoms with E-state index < -0.39 is 10.8 Å². The first-order chi connectivity index (χ1) is 11.5. The zero-order valence-electron chi connectivity index (χ0n) is 12.7. The summed E-state index contributed by atoms with van der Waals surface area (Å²) in [6.07, 6.45) is 0. The molecule has 0 fully saturated rings. The minimum Gasteiger partial charge on any atom is -0.321 e. The summed E-state index contributed by atoms with van der Waals surface area (Å²) >= 11 is 1.53. The maximum Gasteiger partial charge on any atom is 0.270 e. The van der Waals surface area contributed by atoms with Crippen LogP contribution in [0.5, 0.6) is 0 Å². The van der Waals surface area contributed by atoms with Gasteiger partial charge in [-0.15, -0.1) is 11.3 Å². The third-order valence-electron chi connectivity index (χ3n) is 3.39. The third-order valence-corrected chi connectivity index (χ3v) is 4.16. The number of nitro groups is 1. The van der Waals surface area contributed by atoms with Gasteiger partial charge in [0.25, 0.3) is 11.6 Å². The molecule has 6 nitrogen and oxygen atoms in total. The standard InChI is InChI=1S/C17H13N3O3S/c1-11-18-16(10-24-11)14-7-2-3-8-15(14)19-17(21)12-5-4-6-13(9-12)20(22)23/h2-10H,1H3,(H,19,21). The molecule has 3 rings (SSSR count). The number of benzene rings is 2. The Morgan fingerprint density at radius 1 is 1.21 bits per heavy atom. The predicted molar refractivity (Wildman–Crippen MR) is 93.3 cm³/mol. The number of para-hydroxylation sites is 1. The molecule has 2 aromatic carbocycles. The molecule has 7 heteroatoms. The molecule has 0 aliphatic rings. The summed E-state index contributed by atoms with van der Waals surface area (Å²) in [4.78, 5) is 27.2. The van der Waals surface area contributed by atoms with Gasteiger partial charge in [0.1, 0.15) is 0 Å². The molecule has 0 saturated heterocycles. The zero-order chi connectivity index (χ0) is 17.1. The monoisotopic (exact) mass is 339 g/mol. The predicted octanol–water partition coefficient (Wildman–Crippen LogP) is 4.28. The van der Waals surface area contributed by atoms with E-state index in [4.69, 9.17) is 0 Å². The van der Waals surface area contributed by atoms with Crippen molar-refractivity contribution in [3.63, 3.8) is 0 Å². The van der Waals surface area contributed by atoms with Gasteiger partial charge >= 0.3 is 0 Å². The van der Waals surface area contributed by atoms with E-state index in [-0.39, 0.29) is 11.3 Å². The van der Waals surface area contributed by atoms with Gasteiger partial charge in [0.2, 0.25) is 0 Å². The van der Waals surface area contributed by atoms with Crippen molar-refractivity contribution in [2.75, 3.05) is 5.32 Å². The molecule has 0 aliphatic heterocycles. The van der Waals surface area contributed by atoms with Crippen LogP contribution in [-0.4, -0.2) is 15.8 Å². The van der Waals surface area contributed by atoms with Crippen LogP contribution in [0.2, 0.25) is 0 Å². The number of carbonyl (C=O) groups excluding carboxylic acids is 1. The minimum atomic E-state index is -0.525. The summed E-state index contributed by atoms with van der Waals surface area (Å²) in [5, 5.41) is 16.5. The Morgan fingerprint density at radius 2 is 2.00 bits per heavy atom. The Morgan fingerprint density at radius 3 is 2.71 bits per heavy atom. The van der Waals surface area contributed by atoms with Crippen LogP contribution in [-0.2, 0) is 0 Å². The van der Waals surface area contributed by atoms with Crippen molar-refractivity contribution < 1.29 is 9.72 Å². The van der Waals surface area contributed by atoms with Crippen LogP contribution in [0.4, 0.5) is 11.4 Å². The van der Waals surface area contributed by atoms with E-state index in [9.17, 15) is 14.9 Å². The van der Waals surface area contributed by atoms with Gasteiger partial charge in [0, 0.05) is 28.6 Å². The second kappa shape index (κ2) is 6.59. The average molecular weight is 339 g/mol. The lowest BCUT2D eigenvalue weighted by Gasteiger charge is -2.09. The van der Waals surface area contributed by atoms with Crippen LogP contribution in [0.3, 0.4) is 0 Å². The number of hydrogen-bond donors (Lipinski definition) is 1. The van der Waals surface area contributed by atoms with Crippen LogP contribution in [0.25, 0.3) is 11.3 Å². The first-order valence-corrected chi connectivity index (χ1v) is 8.00. The molecule has 0 bridgehead atoms. The molecule has 0 aliphatic carbocycles. The molecule has 1 heterocycles. The highest BCUT2D eigenvalue weighted by Gasteiger charge is 2.14. The quantitative estimate of drug-likeness (QED) is 0.568. The number of thiazole rings is 1. The maximum absolute atomic E-state index is 12.4. The smallest absolute Gasteiger partial charge is 0.270 e. The number of hydrogen-bond acceptors (Lipinski definition) is 5. The zero-order valence-corrected chi connectivity index (χ0v) is 13.5. The fraction of sp³-hybridized carbons (Fsp3) is 0.0588. The number of aromatic nitrogens is 1. The van der Waals surface area contributed by atoms with Gasteiger partial charge in [-0.2, -0.15) is 0 Å². The largest absolute Gasteiger partial charge is 0.321 e. The lowest BCUT2D eigenvalue weighted by Crippen LogP contribution is -2.12. The van der Waals surface area contributed by atoms with Crippen LogP contribution in [0.1, 0.15) is 15.4 Å². The lowest BCUT2D eigenvalue weighted by molar-refractivity contribution is -0.384. The van der Waals surface area contributed by atoms with Crippen LogP contribution in [0, 0.1) is 17.0 Å². The number of nitro benzene ring substituents is 1. The normalized spacial score (nSPS) is 10.4. The highest BCUT2D eigenvalue weighted by Crippen LogP contribution is 2.29. The number of aryl methyl sites for hydroxylation is 1. The van der Waals surface area contributed by atoms with E-state index in [1.165, 1.54) is 35.6 Å². The van der Waals surface area contributed by atoms with Gasteiger partial charge in [0.15, 0.2) is 0 Å². The molecule has 1 amide bonds. The fourth-order valence-corrected chi connectivity index (χ4v) is 2.87. The summed E-state index contributed by atoms with van der Waals surface area (Å²) in [6, 6.07) is 13.0. The van der Waals surface area contributed by atoms with E-state index >= 15 is 0 Å². The summed E-state index contributed by atoms with van der Waals surface area (Å²) in [7, 11) is 0. The highest BCUT2D eigenvalue weighted by molar-refractivity contribution is 7.09. The van der Waals surface area contributed by atoms with Gasteiger partial charge in [-0.3, -0.25) is 14.9 Å². The second-order valence-corrected chi connectivity index (χ2v) is 6.12. The van der Waals surface area contributed by atoms with Crippen LogP contribution in [0.15, 0.2) is 53.9 Å². The molecule has 1 N–H and O–H groups in total. The number of non-ortho nitro benzene ring substituents is 1. The first-order valence-electron chi connectivity index (χ1n) is 7.12. The Hall–Kier alpha value is -3.06. The van der Waals surface area contributed by atoms with E-state index in [1.54, 1.807) is 6.07 Å². The van der Waals surface area contributed by atoms with Crippen molar-refractivity contribution in [2.24, 2.45) is 0 Å². The van der Waals surface area contributed by atoms with Crippen molar-refractivity contribution in [1.82, 2.24) is 4.98 Å². The Labute approximate surface area is 141 Å². The average Bonchev–Trinajstić information content (AvgIpc) is 3.01. The maximum atomic E-state index is 12.4. The van der Waals surface area contributed by atoms with Crippen LogP contribution < -0.4 is 5.32 Å². The number of anilines is 1. The van der Waals surface area contributed by atoms with E-state index in [0.717, 1.165) is 16.3 Å². The summed E-state index contributed by atoms with van der Waals surface area (Å²) in [5.74, 6) is -0.405. The fourth-order valence-electron chi connectivity index (χ4n) is 2.26. The summed E-state index contributed by atoms with van der Waals surface area (Å²) < 4.78 is 0. The number of amides is 1. The number of carbonyl (C=O) groups is 1. The van der Waals surface area contributed by atoms with Gasteiger partial charge in [-0.1, -0.05) is 24.3 Å². The summed E-state index contributed by atoms with van der Waals surface area (Å²) in [5.41, 5.74) is 2.31. The van der Waals surface area contributed by atoms with Crippen LogP contribution >= 0.6 is 11.3 Å². The van der Waals surface area contributed by atoms with Crippen molar-refractivity contribution in [3.05, 3.63) is 74.6 Å². The molecule has 0 unspecified atom stereocenters. The molecule has 120 valence electrons. The molecule has 1 aromatic heterocycles. The van der Waals surface area contributed by atoms with Crippen molar-refractivity contribution in [3.8, 4) is 11.3 Å². The van der Waals surface area contributed by atoms with Crippen molar-refractivity contribution in [1.29, 1.82) is 0 Å². The Kier molecular flexibility index (Phi) is 4.35. The second-order valence-electron chi connectivity index (χ2n) is 5.06. The number of rotatable bonds is 4. The highest BCUT2D eigenvalue weighted by atomic mass is 32.1. The molecular formula is C17H13N3O3S. The van der Waals surface area contributed by atoms with Gasteiger partial charge in [-0.25, -0.2) is 4.98 Å². The Bertz CT molecular complexity index is 921. The molecular weight excluding hydrogens is 326 g/mol. The third kappa shape index (κ3) is 3.31. The molecule has 0 saturated carbocycles. The molecule has 0 atom stereocenters. The summed E-state index contributed by atoms with van der Waals surface area (Å²) in [6.45, 7) is 1.92. The van der Waals surface area contributed by atoms with E-state index in [2.05, 4.69) is 10.3 Å².